The third-order valence-corrected chi connectivity index (χ3v) is 3.22. The van der Waals surface area contributed by atoms with Crippen molar-refractivity contribution in [2.24, 2.45) is 0 Å². The lowest BCUT2D eigenvalue weighted by Crippen LogP contribution is -2.29. The third kappa shape index (κ3) is 2.58. The second kappa shape index (κ2) is 5.21. The molecule has 2 aliphatic heterocycles. The normalized spacial score (nSPS) is 32.3. The maximum Gasteiger partial charge on any atom is 0.188 e. The molecule has 4 atom stereocenters. The maximum absolute atomic E-state index is 9.56. The van der Waals surface area contributed by atoms with Crippen molar-refractivity contribution in [3.05, 3.63) is 36.4 Å². The predicted molar refractivity (Wildman–Crippen MR) is 67.2 cm³/mol. The first-order valence-corrected chi connectivity index (χ1v) is 6.20. The van der Waals surface area contributed by atoms with Crippen molar-refractivity contribution in [3.63, 3.8) is 0 Å². The monoisotopic (exact) mass is 264 g/mol. The van der Waals surface area contributed by atoms with Crippen molar-refractivity contribution < 1.29 is 24.1 Å². The lowest BCUT2D eigenvalue weighted by atomic mass is 10.1. The molecule has 19 heavy (non-hydrogen) atoms. The van der Waals surface area contributed by atoms with Gasteiger partial charge in [0.25, 0.3) is 0 Å². The Kier molecular flexibility index (Phi) is 3.42. The van der Waals surface area contributed by atoms with Crippen LogP contribution in [0.2, 0.25) is 0 Å². The molecular formula is C14H16O5. The summed E-state index contributed by atoms with van der Waals surface area (Å²) in [5.41, 5.74) is 0. The van der Waals surface area contributed by atoms with E-state index >= 15 is 0 Å². The second-order valence-corrected chi connectivity index (χ2v) is 4.51. The van der Waals surface area contributed by atoms with E-state index in [-0.39, 0.29) is 12.2 Å². The van der Waals surface area contributed by atoms with E-state index in [9.17, 15) is 5.11 Å². The Labute approximate surface area is 111 Å². The lowest BCUT2D eigenvalue weighted by molar-refractivity contribution is -0.125. The summed E-state index contributed by atoms with van der Waals surface area (Å²) in [5, 5.41) is 9.56. The van der Waals surface area contributed by atoms with Crippen molar-refractivity contribution >= 4 is 0 Å². The fourth-order valence-corrected chi connectivity index (χ4v) is 2.15. The summed E-state index contributed by atoms with van der Waals surface area (Å²) in [6.45, 7) is 0.380. The number of aliphatic hydroxyl groups is 1. The molecule has 2 bridgehead atoms. The zero-order valence-electron chi connectivity index (χ0n) is 10.6. The standard InChI is InChI=1S/C14H16O5/c1-16-9-2-4-10(5-3-9)17-8-13-12-7-6-11(15)14(18-12)19-13/h2-7,11-15H,8H2,1H3/t11-,12+,13+,14+/m1/s1. The van der Waals surface area contributed by atoms with E-state index in [2.05, 4.69) is 0 Å². The quantitative estimate of drug-likeness (QED) is 0.826. The molecule has 1 aromatic carbocycles. The van der Waals surface area contributed by atoms with Crippen molar-refractivity contribution in [1.29, 1.82) is 0 Å². The number of aliphatic hydroxyl groups excluding tert-OH is 1. The molecule has 0 saturated carbocycles. The fraction of sp³-hybridized carbons (Fsp3) is 0.429. The summed E-state index contributed by atoms with van der Waals surface area (Å²) in [4.78, 5) is 0. The van der Waals surface area contributed by atoms with Crippen LogP contribution >= 0.6 is 0 Å². The van der Waals surface area contributed by atoms with Crippen LogP contribution in [0.1, 0.15) is 0 Å². The van der Waals surface area contributed by atoms with Gasteiger partial charge in [0.2, 0.25) is 0 Å². The van der Waals surface area contributed by atoms with Crippen LogP contribution in [0.5, 0.6) is 11.5 Å². The van der Waals surface area contributed by atoms with Gasteiger partial charge in [-0.05, 0) is 24.3 Å². The van der Waals surface area contributed by atoms with E-state index in [0.29, 0.717) is 6.61 Å². The molecule has 1 fully saturated rings. The summed E-state index contributed by atoms with van der Waals surface area (Å²) in [7, 11) is 1.62. The maximum atomic E-state index is 9.56. The molecule has 0 unspecified atom stereocenters. The molecule has 1 N–H and O–H groups in total. The molecule has 5 nitrogen and oxygen atoms in total. The van der Waals surface area contributed by atoms with Crippen LogP contribution in [0.3, 0.4) is 0 Å². The lowest BCUT2D eigenvalue weighted by Gasteiger charge is -2.17. The summed E-state index contributed by atoms with van der Waals surface area (Å²) in [5.74, 6) is 1.53. The average Bonchev–Trinajstić information content (AvgIpc) is 2.80. The Bertz CT molecular complexity index is 455. The number of methoxy groups -OCH3 is 1. The summed E-state index contributed by atoms with van der Waals surface area (Å²) in [6, 6.07) is 7.35. The summed E-state index contributed by atoms with van der Waals surface area (Å²) >= 11 is 0. The van der Waals surface area contributed by atoms with Crippen LogP contribution in [0.15, 0.2) is 36.4 Å². The largest absolute Gasteiger partial charge is 0.497 e. The number of fused-ring (bicyclic) bond motifs is 2. The summed E-state index contributed by atoms with van der Waals surface area (Å²) in [6.07, 6.45) is 1.91. The van der Waals surface area contributed by atoms with Crippen molar-refractivity contribution in [2.75, 3.05) is 13.7 Å². The molecule has 0 spiro atoms. The Morgan fingerprint density at radius 1 is 1.11 bits per heavy atom. The molecule has 102 valence electrons. The first-order valence-electron chi connectivity index (χ1n) is 6.20. The van der Waals surface area contributed by atoms with Crippen molar-refractivity contribution in [1.82, 2.24) is 0 Å². The van der Waals surface area contributed by atoms with Gasteiger partial charge in [0.05, 0.1) is 7.11 Å². The number of rotatable bonds is 4. The minimum atomic E-state index is -0.692. The van der Waals surface area contributed by atoms with Gasteiger partial charge in [0.15, 0.2) is 6.29 Å². The molecule has 1 aromatic rings. The second-order valence-electron chi connectivity index (χ2n) is 4.51. The number of hydrogen-bond donors (Lipinski definition) is 1. The Hall–Kier alpha value is -1.56. The Morgan fingerprint density at radius 2 is 1.84 bits per heavy atom. The molecule has 5 heteroatoms. The number of ether oxygens (including phenoxy) is 4. The van der Waals surface area contributed by atoms with Gasteiger partial charge < -0.3 is 24.1 Å². The number of hydrogen-bond acceptors (Lipinski definition) is 5. The van der Waals surface area contributed by atoms with E-state index < -0.39 is 12.4 Å². The Balaban J connectivity index is 1.56. The average molecular weight is 264 g/mol. The Morgan fingerprint density at radius 3 is 2.53 bits per heavy atom. The van der Waals surface area contributed by atoms with Gasteiger partial charge in [-0.25, -0.2) is 0 Å². The van der Waals surface area contributed by atoms with Crippen LogP contribution in [0, 0.1) is 0 Å². The minimum Gasteiger partial charge on any atom is -0.497 e. The predicted octanol–water partition coefficient (Wildman–Crippen LogP) is 1.11. The van der Waals surface area contributed by atoms with Crippen molar-refractivity contribution in [3.8, 4) is 11.5 Å². The molecule has 3 rings (SSSR count). The highest BCUT2D eigenvalue weighted by atomic mass is 16.7. The van der Waals surface area contributed by atoms with Gasteiger partial charge in [-0.2, -0.15) is 0 Å². The van der Waals surface area contributed by atoms with Gasteiger partial charge in [0.1, 0.15) is 36.4 Å². The highest BCUT2D eigenvalue weighted by Gasteiger charge is 2.41. The smallest absolute Gasteiger partial charge is 0.188 e. The highest BCUT2D eigenvalue weighted by Crippen LogP contribution is 2.28. The zero-order chi connectivity index (χ0) is 13.2. The van der Waals surface area contributed by atoms with Crippen LogP contribution in [-0.4, -0.2) is 43.4 Å². The van der Waals surface area contributed by atoms with E-state index in [1.807, 2.05) is 30.3 Å². The van der Waals surface area contributed by atoms with E-state index in [0.717, 1.165) is 11.5 Å². The first-order chi connectivity index (χ1) is 9.26. The van der Waals surface area contributed by atoms with Gasteiger partial charge >= 0.3 is 0 Å². The molecule has 0 aliphatic carbocycles. The molecule has 0 aromatic heterocycles. The van der Waals surface area contributed by atoms with E-state index in [4.69, 9.17) is 18.9 Å². The third-order valence-electron chi connectivity index (χ3n) is 3.22. The van der Waals surface area contributed by atoms with Crippen LogP contribution < -0.4 is 9.47 Å². The van der Waals surface area contributed by atoms with Crippen LogP contribution in [-0.2, 0) is 9.47 Å². The zero-order valence-corrected chi connectivity index (χ0v) is 10.6. The van der Waals surface area contributed by atoms with E-state index in [1.54, 1.807) is 13.2 Å². The molecule has 2 heterocycles. The van der Waals surface area contributed by atoms with Gasteiger partial charge in [-0.15, -0.1) is 0 Å². The van der Waals surface area contributed by atoms with Gasteiger partial charge in [-0.1, -0.05) is 12.2 Å². The fourth-order valence-electron chi connectivity index (χ4n) is 2.15. The molecule has 1 saturated heterocycles. The minimum absolute atomic E-state index is 0.147. The van der Waals surface area contributed by atoms with Crippen LogP contribution in [0.4, 0.5) is 0 Å². The molecular weight excluding hydrogens is 248 g/mol. The summed E-state index contributed by atoms with van der Waals surface area (Å²) < 4.78 is 21.8. The molecule has 0 amide bonds. The number of benzene rings is 1. The van der Waals surface area contributed by atoms with Crippen molar-refractivity contribution in [2.45, 2.75) is 24.6 Å². The first kappa shape index (κ1) is 12.5. The van der Waals surface area contributed by atoms with Gasteiger partial charge in [0, 0.05) is 0 Å². The van der Waals surface area contributed by atoms with E-state index in [1.165, 1.54) is 0 Å². The SMILES string of the molecule is COc1ccc(OC[C@@H]2O[C@@H]3O[C@H]2C=C[C@H]3O)cc1. The highest BCUT2D eigenvalue weighted by molar-refractivity contribution is 5.31. The molecule has 2 aliphatic rings. The topological polar surface area (TPSA) is 57.2 Å². The van der Waals surface area contributed by atoms with Crippen LogP contribution in [0.25, 0.3) is 0 Å². The van der Waals surface area contributed by atoms with Gasteiger partial charge in [-0.3, -0.25) is 0 Å². The molecule has 0 radical (unpaired) electrons.